The molecule has 2 aromatic carbocycles. The zero-order valence-electron chi connectivity index (χ0n) is 15.2. The van der Waals surface area contributed by atoms with Crippen LogP contribution < -0.4 is 10.1 Å². The second-order valence-corrected chi connectivity index (χ2v) is 5.35. The van der Waals surface area contributed by atoms with Gasteiger partial charge in [0.25, 0.3) is 5.91 Å². The van der Waals surface area contributed by atoms with Crippen molar-refractivity contribution in [2.75, 3.05) is 25.1 Å². The molecular weight excluding hydrogens is 350 g/mol. The molecule has 1 amide bonds. The zero-order valence-corrected chi connectivity index (χ0v) is 15.2. The van der Waals surface area contributed by atoms with E-state index in [9.17, 15) is 14.4 Å². The van der Waals surface area contributed by atoms with Crippen LogP contribution >= 0.6 is 0 Å². The number of amides is 1. The van der Waals surface area contributed by atoms with E-state index in [0.29, 0.717) is 17.9 Å². The van der Waals surface area contributed by atoms with Gasteiger partial charge < -0.3 is 19.5 Å². The normalized spacial score (nSPS) is 10.0. The van der Waals surface area contributed by atoms with Crippen LogP contribution in [0, 0.1) is 0 Å². The number of hydrogen-bond donors (Lipinski definition) is 1. The SMILES string of the molecule is CCOC(=O)c1ccccc1NC(=O)COC(=O)c1ccc(OCC)cc1. The molecule has 0 aliphatic carbocycles. The van der Waals surface area contributed by atoms with Gasteiger partial charge in [0.1, 0.15) is 5.75 Å². The Morgan fingerprint density at radius 2 is 1.56 bits per heavy atom. The van der Waals surface area contributed by atoms with Crippen LogP contribution in [0.15, 0.2) is 48.5 Å². The Hall–Kier alpha value is -3.35. The molecule has 0 heterocycles. The third kappa shape index (κ3) is 5.85. The molecule has 0 spiro atoms. The Bertz CT molecular complexity index is 800. The fourth-order valence-electron chi connectivity index (χ4n) is 2.23. The van der Waals surface area contributed by atoms with Crippen molar-refractivity contribution in [2.24, 2.45) is 0 Å². The van der Waals surface area contributed by atoms with E-state index in [2.05, 4.69) is 5.32 Å². The van der Waals surface area contributed by atoms with Crippen molar-refractivity contribution in [1.82, 2.24) is 0 Å². The lowest BCUT2D eigenvalue weighted by molar-refractivity contribution is -0.119. The first kappa shape index (κ1) is 20.0. The van der Waals surface area contributed by atoms with Crippen LogP contribution in [0.5, 0.6) is 5.75 Å². The fourth-order valence-corrected chi connectivity index (χ4v) is 2.23. The van der Waals surface area contributed by atoms with E-state index in [1.807, 2.05) is 6.92 Å². The molecule has 2 rings (SSSR count). The van der Waals surface area contributed by atoms with Crippen LogP contribution in [-0.2, 0) is 14.3 Å². The number of hydrogen-bond acceptors (Lipinski definition) is 6. The van der Waals surface area contributed by atoms with E-state index in [0.717, 1.165) is 0 Å². The summed E-state index contributed by atoms with van der Waals surface area (Å²) in [5.41, 5.74) is 0.821. The third-order valence-corrected chi connectivity index (χ3v) is 3.43. The molecule has 1 N–H and O–H groups in total. The summed E-state index contributed by atoms with van der Waals surface area (Å²) in [5.74, 6) is -1.10. The first-order valence-corrected chi connectivity index (χ1v) is 8.51. The second-order valence-electron chi connectivity index (χ2n) is 5.35. The highest BCUT2D eigenvalue weighted by molar-refractivity contribution is 6.02. The molecule has 0 unspecified atom stereocenters. The van der Waals surface area contributed by atoms with Crippen LogP contribution in [0.4, 0.5) is 5.69 Å². The Balaban J connectivity index is 1.93. The third-order valence-electron chi connectivity index (χ3n) is 3.43. The van der Waals surface area contributed by atoms with E-state index < -0.39 is 24.5 Å². The van der Waals surface area contributed by atoms with Crippen molar-refractivity contribution in [3.05, 3.63) is 59.7 Å². The second kappa shape index (κ2) is 9.96. The molecular formula is C20H21NO6. The lowest BCUT2D eigenvalue weighted by atomic mass is 10.2. The number of nitrogens with one attached hydrogen (secondary N) is 1. The topological polar surface area (TPSA) is 90.9 Å². The summed E-state index contributed by atoms with van der Waals surface area (Å²) in [7, 11) is 0. The highest BCUT2D eigenvalue weighted by Crippen LogP contribution is 2.16. The number of esters is 2. The van der Waals surface area contributed by atoms with Gasteiger partial charge in [0.05, 0.1) is 30.0 Å². The van der Waals surface area contributed by atoms with Crippen LogP contribution in [0.1, 0.15) is 34.6 Å². The average Bonchev–Trinajstić information content (AvgIpc) is 2.67. The molecule has 0 bridgehead atoms. The maximum Gasteiger partial charge on any atom is 0.340 e. The first-order chi connectivity index (χ1) is 13.0. The van der Waals surface area contributed by atoms with Crippen molar-refractivity contribution in [1.29, 1.82) is 0 Å². The van der Waals surface area contributed by atoms with Gasteiger partial charge in [-0.1, -0.05) is 12.1 Å². The molecule has 27 heavy (non-hydrogen) atoms. The van der Waals surface area contributed by atoms with Crippen molar-refractivity contribution in [2.45, 2.75) is 13.8 Å². The summed E-state index contributed by atoms with van der Waals surface area (Å²) in [4.78, 5) is 36.0. The van der Waals surface area contributed by atoms with Gasteiger partial charge >= 0.3 is 11.9 Å². The smallest absolute Gasteiger partial charge is 0.340 e. The average molecular weight is 371 g/mol. The first-order valence-electron chi connectivity index (χ1n) is 8.51. The molecule has 0 saturated heterocycles. The number of para-hydroxylation sites is 1. The van der Waals surface area contributed by atoms with Crippen LogP contribution in [0.2, 0.25) is 0 Å². The van der Waals surface area contributed by atoms with Gasteiger partial charge in [-0.25, -0.2) is 9.59 Å². The number of rotatable bonds is 8. The highest BCUT2D eigenvalue weighted by atomic mass is 16.5. The molecule has 0 radical (unpaired) electrons. The lowest BCUT2D eigenvalue weighted by Gasteiger charge is -2.10. The molecule has 0 aromatic heterocycles. The quantitative estimate of drug-likeness (QED) is 0.717. The zero-order chi connectivity index (χ0) is 19.6. The number of anilines is 1. The van der Waals surface area contributed by atoms with Crippen molar-refractivity contribution in [3.63, 3.8) is 0 Å². The standard InChI is InChI=1S/C20H21NO6/c1-3-25-15-11-9-14(10-12-15)19(23)27-13-18(22)21-17-8-6-5-7-16(17)20(24)26-4-2/h5-12H,3-4,13H2,1-2H3,(H,21,22). The predicted octanol–water partition coefficient (Wildman–Crippen LogP) is 3.06. The predicted molar refractivity (Wildman–Crippen MR) is 98.9 cm³/mol. The van der Waals surface area contributed by atoms with E-state index in [1.165, 1.54) is 0 Å². The molecule has 0 fully saturated rings. The minimum Gasteiger partial charge on any atom is -0.494 e. The van der Waals surface area contributed by atoms with E-state index >= 15 is 0 Å². The molecule has 0 saturated carbocycles. The van der Waals surface area contributed by atoms with Gasteiger partial charge in [-0.3, -0.25) is 4.79 Å². The van der Waals surface area contributed by atoms with E-state index in [-0.39, 0.29) is 17.9 Å². The summed E-state index contributed by atoms with van der Waals surface area (Å²) < 4.78 is 15.2. The van der Waals surface area contributed by atoms with Gasteiger partial charge in [0.2, 0.25) is 0 Å². The van der Waals surface area contributed by atoms with Gasteiger partial charge in [0.15, 0.2) is 6.61 Å². The minimum atomic E-state index is -0.633. The van der Waals surface area contributed by atoms with Crippen molar-refractivity contribution in [3.8, 4) is 5.75 Å². The van der Waals surface area contributed by atoms with Crippen LogP contribution in [0.3, 0.4) is 0 Å². The molecule has 7 nitrogen and oxygen atoms in total. The van der Waals surface area contributed by atoms with Gasteiger partial charge in [-0.2, -0.15) is 0 Å². The van der Waals surface area contributed by atoms with Gasteiger partial charge in [0, 0.05) is 0 Å². The maximum absolute atomic E-state index is 12.1. The fraction of sp³-hybridized carbons (Fsp3) is 0.250. The molecule has 0 aliphatic heterocycles. The highest BCUT2D eigenvalue weighted by Gasteiger charge is 2.15. The lowest BCUT2D eigenvalue weighted by Crippen LogP contribution is -2.22. The van der Waals surface area contributed by atoms with Gasteiger partial charge in [-0.15, -0.1) is 0 Å². The minimum absolute atomic E-state index is 0.223. The van der Waals surface area contributed by atoms with Crippen LogP contribution in [-0.4, -0.2) is 37.7 Å². The van der Waals surface area contributed by atoms with Gasteiger partial charge in [-0.05, 0) is 50.2 Å². The summed E-state index contributed by atoms with van der Waals surface area (Å²) in [6, 6.07) is 12.9. The molecule has 0 atom stereocenters. The molecule has 2 aromatic rings. The monoisotopic (exact) mass is 371 g/mol. The van der Waals surface area contributed by atoms with E-state index in [4.69, 9.17) is 14.2 Å². The van der Waals surface area contributed by atoms with Crippen molar-refractivity contribution < 1.29 is 28.6 Å². The Morgan fingerprint density at radius 3 is 2.22 bits per heavy atom. The summed E-state index contributed by atoms with van der Waals surface area (Å²) in [6.07, 6.45) is 0. The molecule has 142 valence electrons. The van der Waals surface area contributed by atoms with Crippen molar-refractivity contribution >= 4 is 23.5 Å². The Kier molecular flexibility index (Phi) is 7.37. The Morgan fingerprint density at radius 1 is 0.852 bits per heavy atom. The maximum atomic E-state index is 12.1. The molecule has 0 aliphatic rings. The number of ether oxygens (including phenoxy) is 3. The number of carbonyl (C=O) groups excluding carboxylic acids is 3. The molecule has 7 heteroatoms. The number of benzene rings is 2. The summed E-state index contributed by atoms with van der Waals surface area (Å²) in [5, 5.41) is 2.55. The largest absolute Gasteiger partial charge is 0.494 e. The van der Waals surface area contributed by atoms with E-state index in [1.54, 1.807) is 55.5 Å². The van der Waals surface area contributed by atoms with Crippen LogP contribution in [0.25, 0.3) is 0 Å². The summed E-state index contributed by atoms with van der Waals surface area (Å²) >= 11 is 0. The Labute approximate surface area is 157 Å². The summed E-state index contributed by atoms with van der Waals surface area (Å²) in [6.45, 7) is 3.82. The number of carbonyl (C=O) groups is 3.